The van der Waals surface area contributed by atoms with Crippen LogP contribution < -0.4 is 0 Å². The topological polar surface area (TPSA) is 17.1 Å². The van der Waals surface area contributed by atoms with Crippen molar-refractivity contribution in [3.05, 3.63) is 0 Å². The molecule has 0 amide bonds. The average Bonchev–Trinajstić information content (AvgIpc) is 1.00. The number of carbonyl (C=O) groups excluding carboxylic acids is 1. The molecule has 0 unspecified atom stereocenters. The van der Waals surface area contributed by atoms with E-state index in [0.29, 0.717) is 0 Å². The second-order valence-corrected chi connectivity index (χ2v) is 0. The molecule has 18 valence electrons. The van der Waals surface area contributed by atoms with Gasteiger partial charge in [-0.15, -0.1) is 0 Å². The molecular formula is CHLa2O-. The van der Waals surface area contributed by atoms with E-state index in [1.807, 2.05) is 0 Å². The minimum absolute atomic E-state index is 0. The van der Waals surface area contributed by atoms with Gasteiger partial charge in [0.05, 0.1) is 0 Å². The van der Waals surface area contributed by atoms with Gasteiger partial charge in [-0.1, -0.05) is 0 Å². The molecule has 0 heterocycles. The van der Waals surface area contributed by atoms with Gasteiger partial charge in [0.1, 0.15) is 0 Å². The molecular weight excluding hydrogens is 306 g/mol. The van der Waals surface area contributed by atoms with Gasteiger partial charge in [0.25, 0.3) is 0 Å². The minimum atomic E-state index is 0. The Bertz CT molecular complexity index is 6.00. The summed E-state index contributed by atoms with van der Waals surface area (Å²) in [6.07, 6.45) is 0. The van der Waals surface area contributed by atoms with E-state index >= 15 is 0 Å². The fourth-order valence-corrected chi connectivity index (χ4v) is 0. The van der Waals surface area contributed by atoms with Crippen LogP contribution in [0.4, 0.5) is 0 Å². The maximum atomic E-state index is 7.75. The maximum Gasteiger partial charge on any atom is 0 e. The molecule has 2 radical (unpaired) electrons. The molecule has 4 heavy (non-hydrogen) atoms. The Labute approximate surface area is 81.1 Å². The fourth-order valence-electron chi connectivity index (χ4n) is 0. The zero-order chi connectivity index (χ0) is 2.00. The molecule has 0 aliphatic carbocycles. The molecule has 0 N–H and O–H groups in total. The van der Waals surface area contributed by atoms with Crippen molar-refractivity contribution in [3.63, 3.8) is 0 Å². The van der Waals surface area contributed by atoms with Gasteiger partial charge < -0.3 is 4.79 Å². The zero-order valence-electron chi connectivity index (χ0n) is 2.14. The van der Waals surface area contributed by atoms with Crippen LogP contribution in [0.2, 0.25) is 0 Å². The third-order valence-electron chi connectivity index (χ3n) is 0. The molecule has 0 spiro atoms. The van der Waals surface area contributed by atoms with Crippen LogP contribution in [0.1, 0.15) is 0 Å². The van der Waals surface area contributed by atoms with Gasteiger partial charge in [-0.3, -0.25) is 6.79 Å². The second-order valence-electron chi connectivity index (χ2n) is 0. The monoisotopic (exact) mass is 307 g/mol. The first-order chi connectivity index (χ1) is 1.00. The van der Waals surface area contributed by atoms with Crippen molar-refractivity contribution in [1.82, 2.24) is 0 Å². The van der Waals surface area contributed by atoms with E-state index in [1.165, 1.54) is 0 Å². The molecule has 1 nitrogen and oxygen atoms in total. The van der Waals surface area contributed by atoms with Crippen molar-refractivity contribution in [2.24, 2.45) is 0 Å². The first-order valence-corrected chi connectivity index (χ1v) is 0.236. The summed E-state index contributed by atoms with van der Waals surface area (Å²) < 4.78 is 0. The Kier molecular flexibility index (Phi) is 81.4. The summed E-state index contributed by atoms with van der Waals surface area (Å²) >= 11 is 0. The molecule has 0 fully saturated rings. The van der Waals surface area contributed by atoms with E-state index in [0.717, 1.165) is 0 Å². The third kappa shape index (κ3) is 8.96. The Hall–Kier alpha value is 2.06. The predicted molar refractivity (Wildman–Crippen MR) is 6.75 cm³/mol. The van der Waals surface area contributed by atoms with Gasteiger partial charge in [-0.05, 0) is 0 Å². The SMILES string of the molecule is [CH-]=O.[La].[La]. The quantitative estimate of drug-likeness (QED) is 0.445. The summed E-state index contributed by atoms with van der Waals surface area (Å²) in [4.78, 5) is 7.75. The molecule has 0 aliphatic rings. The maximum absolute atomic E-state index is 7.75. The van der Waals surface area contributed by atoms with Crippen molar-refractivity contribution in [2.45, 2.75) is 0 Å². The van der Waals surface area contributed by atoms with Gasteiger partial charge >= 0.3 is 0 Å². The summed E-state index contributed by atoms with van der Waals surface area (Å²) in [6.45, 7) is 3.25. The van der Waals surface area contributed by atoms with Gasteiger partial charge in [0.2, 0.25) is 0 Å². The van der Waals surface area contributed by atoms with Crippen LogP contribution >= 0.6 is 0 Å². The van der Waals surface area contributed by atoms with Gasteiger partial charge in [-0.2, -0.15) is 0 Å². The van der Waals surface area contributed by atoms with Crippen LogP contribution in [0.5, 0.6) is 0 Å². The first-order valence-electron chi connectivity index (χ1n) is 0.236. The first kappa shape index (κ1) is 16.6. The van der Waals surface area contributed by atoms with Crippen LogP contribution in [0.25, 0.3) is 0 Å². The summed E-state index contributed by atoms with van der Waals surface area (Å²) in [7, 11) is 0. The molecule has 3 heteroatoms. The van der Waals surface area contributed by atoms with Crippen molar-refractivity contribution >= 4 is 6.79 Å². The summed E-state index contributed by atoms with van der Waals surface area (Å²) in [5, 5.41) is 0. The summed E-state index contributed by atoms with van der Waals surface area (Å²) in [5.41, 5.74) is 0. The summed E-state index contributed by atoms with van der Waals surface area (Å²) in [6, 6.07) is 0. The minimum Gasteiger partial charge on any atom is -0.545 e. The molecule has 0 aromatic carbocycles. The van der Waals surface area contributed by atoms with Crippen LogP contribution in [0.3, 0.4) is 0 Å². The predicted octanol–water partition coefficient (Wildman–Crippen LogP) is -0.274. The van der Waals surface area contributed by atoms with Crippen molar-refractivity contribution in [3.8, 4) is 0 Å². The molecule has 0 aromatic heterocycles. The van der Waals surface area contributed by atoms with Crippen LogP contribution in [0, 0.1) is 71.2 Å². The Balaban J connectivity index is -0.00000000500. The van der Waals surface area contributed by atoms with E-state index in [1.54, 1.807) is 0 Å². The number of hydrogen-bond donors (Lipinski definition) is 0. The fraction of sp³-hybridized carbons (Fsp3) is 0. The smallest absolute Gasteiger partial charge is 0 e. The van der Waals surface area contributed by atoms with Crippen molar-refractivity contribution in [1.29, 1.82) is 0 Å². The van der Waals surface area contributed by atoms with Crippen LogP contribution in [-0.4, -0.2) is 6.79 Å². The molecule has 0 aliphatic heterocycles. The zero-order valence-corrected chi connectivity index (χ0v) is 9.39. The van der Waals surface area contributed by atoms with E-state index < -0.39 is 0 Å². The van der Waals surface area contributed by atoms with Crippen LogP contribution in [0.15, 0.2) is 0 Å². The van der Waals surface area contributed by atoms with Gasteiger partial charge in [0, 0.05) is 71.2 Å². The van der Waals surface area contributed by atoms with Crippen LogP contribution in [-0.2, 0) is 4.79 Å². The molecule has 0 rings (SSSR count). The standard InChI is InChI=1S/CHO.2La/c1-2;;/h1H;;/q-1;;. The Morgan fingerprint density at radius 3 is 1.00 bits per heavy atom. The van der Waals surface area contributed by atoms with Gasteiger partial charge in [0.15, 0.2) is 0 Å². The Morgan fingerprint density at radius 2 is 1.00 bits per heavy atom. The van der Waals surface area contributed by atoms with E-state index in [-0.39, 0.29) is 71.2 Å². The molecule has 0 saturated carbocycles. The number of rotatable bonds is 0. The largest absolute Gasteiger partial charge is 0.545 e. The van der Waals surface area contributed by atoms with Crippen molar-refractivity contribution in [2.75, 3.05) is 0 Å². The number of hydrogen-bond acceptors (Lipinski definition) is 1. The molecule has 0 bridgehead atoms. The van der Waals surface area contributed by atoms with E-state index in [9.17, 15) is 0 Å². The van der Waals surface area contributed by atoms with Crippen molar-refractivity contribution < 1.29 is 76.0 Å². The molecule has 0 aromatic rings. The third-order valence-corrected chi connectivity index (χ3v) is 0. The van der Waals surface area contributed by atoms with E-state index in [2.05, 4.69) is 6.79 Å². The summed E-state index contributed by atoms with van der Waals surface area (Å²) in [5.74, 6) is 0. The average molecular weight is 307 g/mol. The Morgan fingerprint density at radius 1 is 1.00 bits per heavy atom. The normalized spacial score (nSPS) is 1.00. The second kappa shape index (κ2) is 19.7. The van der Waals surface area contributed by atoms with Gasteiger partial charge in [-0.25, -0.2) is 0 Å². The van der Waals surface area contributed by atoms with E-state index in [4.69, 9.17) is 4.79 Å². The molecule has 0 atom stereocenters. The molecule has 0 saturated heterocycles.